The normalized spacial score (nSPS) is 17.4. The molecule has 2 aliphatic carbocycles. The van der Waals surface area contributed by atoms with Gasteiger partial charge in [0.15, 0.2) is 0 Å². The standard InChI is InChI=1S/C14H18N4O3/c15-16-12-3-1-2-11(13(12)18(20)21)14(19)17(10-6-7-10)8-9-4-5-9/h1-3,9-10,16H,4-8,15H2. The van der Waals surface area contributed by atoms with Crippen LogP contribution < -0.4 is 11.3 Å². The van der Waals surface area contributed by atoms with Crippen molar-refractivity contribution in [1.29, 1.82) is 0 Å². The second-order valence-electron chi connectivity index (χ2n) is 5.74. The lowest BCUT2D eigenvalue weighted by molar-refractivity contribution is -0.384. The number of amides is 1. The first kappa shape index (κ1) is 13.8. The fourth-order valence-corrected chi connectivity index (χ4v) is 2.55. The summed E-state index contributed by atoms with van der Waals surface area (Å²) in [6.45, 7) is 0.709. The van der Waals surface area contributed by atoms with E-state index in [1.54, 1.807) is 11.0 Å². The van der Waals surface area contributed by atoms with E-state index in [0.717, 1.165) is 25.7 Å². The Balaban J connectivity index is 1.93. The number of carbonyl (C=O) groups excluding carboxylic acids is 1. The molecule has 3 N–H and O–H groups in total. The molecule has 0 unspecified atom stereocenters. The molecule has 0 saturated heterocycles. The molecule has 0 bridgehead atoms. The van der Waals surface area contributed by atoms with Crippen LogP contribution >= 0.6 is 0 Å². The Morgan fingerprint density at radius 1 is 1.38 bits per heavy atom. The number of rotatable bonds is 6. The minimum absolute atomic E-state index is 0.114. The number of hydrogen-bond acceptors (Lipinski definition) is 5. The molecule has 0 radical (unpaired) electrons. The topological polar surface area (TPSA) is 102 Å². The summed E-state index contributed by atoms with van der Waals surface area (Å²) in [4.78, 5) is 25.3. The first-order valence-electron chi connectivity index (χ1n) is 7.16. The number of hydrazine groups is 1. The van der Waals surface area contributed by atoms with E-state index >= 15 is 0 Å². The number of anilines is 1. The fraction of sp³-hybridized carbons (Fsp3) is 0.500. The Bertz CT molecular complexity index is 582. The average molecular weight is 290 g/mol. The summed E-state index contributed by atoms with van der Waals surface area (Å²) < 4.78 is 0. The predicted octanol–water partition coefficient (Wildman–Crippen LogP) is 1.90. The first-order valence-corrected chi connectivity index (χ1v) is 7.16. The van der Waals surface area contributed by atoms with Gasteiger partial charge in [0.05, 0.1) is 4.92 Å². The van der Waals surface area contributed by atoms with Crippen LogP contribution in [0.2, 0.25) is 0 Å². The number of nitro groups is 1. The molecule has 2 saturated carbocycles. The van der Waals surface area contributed by atoms with Crippen molar-refractivity contribution in [3.63, 3.8) is 0 Å². The van der Waals surface area contributed by atoms with E-state index in [9.17, 15) is 14.9 Å². The minimum atomic E-state index is -0.551. The van der Waals surface area contributed by atoms with Crippen molar-refractivity contribution in [3.05, 3.63) is 33.9 Å². The van der Waals surface area contributed by atoms with Crippen molar-refractivity contribution in [3.8, 4) is 0 Å². The third kappa shape index (κ3) is 2.82. The molecule has 112 valence electrons. The maximum atomic E-state index is 12.7. The van der Waals surface area contributed by atoms with Crippen molar-refractivity contribution in [1.82, 2.24) is 4.90 Å². The van der Waals surface area contributed by atoms with Crippen molar-refractivity contribution < 1.29 is 9.72 Å². The fourth-order valence-electron chi connectivity index (χ4n) is 2.55. The molecular weight excluding hydrogens is 272 g/mol. The number of nitrogens with one attached hydrogen (secondary N) is 1. The number of nitro benzene ring substituents is 1. The Morgan fingerprint density at radius 3 is 2.62 bits per heavy atom. The largest absolute Gasteiger partial charge is 0.335 e. The summed E-state index contributed by atoms with van der Waals surface area (Å²) in [6.07, 6.45) is 4.26. The van der Waals surface area contributed by atoms with Crippen molar-refractivity contribution in [2.45, 2.75) is 31.7 Å². The van der Waals surface area contributed by atoms with Crippen LogP contribution in [0.1, 0.15) is 36.0 Å². The lowest BCUT2D eigenvalue weighted by Crippen LogP contribution is -2.35. The molecule has 1 aromatic carbocycles. The third-order valence-corrected chi connectivity index (χ3v) is 4.00. The SMILES string of the molecule is NNc1cccc(C(=O)N(CC2CC2)C2CC2)c1[N+](=O)[O-]. The first-order chi connectivity index (χ1) is 10.1. The summed E-state index contributed by atoms with van der Waals surface area (Å²) in [6, 6.07) is 4.85. The van der Waals surface area contributed by atoms with Crippen LogP contribution in [0.25, 0.3) is 0 Å². The van der Waals surface area contributed by atoms with Gasteiger partial charge in [-0.25, -0.2) is 0 Å². The Hall–Kier alpha value is -2.15. The molecule has 1 aromatic rings. The highest BCUT2D eigenvalue weighted by Crippen LogP contribution is 2.37. The summed E-state index contributed by atoms with van der Waals surface area (Å²) in [5.74, 6) is 5.62. The van der Waals surface area contributed by atoms with E-state index in [1.165, 1.54) is 12.1 Å². The number of nitrogens with two attached hydrogens (primary N) is 1. The zero-order chi connectivity index (χ0) is 15.0. The number of para-hydroxylation sites is 1. The summed E-state index contributed by atoms with van der Waals surface area (Å²) in [7, 11) is 0. The second kappa shape index (κ2) is 5.33. The molecule has 21 heavy (non-hydrogen) atoms. The highest BCUT2D eigenvalue weighted by molar-refractivity contribution is 6.00. The quantitative estimate of drug-likeness (QED) is 0.473. The van der Waals surface area contributed by atoms with Crippen LogP contribution in [-0.2, 0) is 0 Å². The van der Waals surface area contributed by atoms with E-state index in [2.05, 4.69) is 5.43 Å². The molecule has 7 heteroatoms. The van der Waals surface area contributed by atoms with Gasteiger partial charge in [-0.3, -0.25) is 20.8 Å². The molecule has 0 aliphatic heterocycles. The maximum absolute atomic E-state index is 12.7. The van der Waals surface area contributed by atoms with Crippen LogP contribution in [0.15, 0.2) is 18.2 Å². The van der Waals surface area contributed by atoms with Crippen LogP contribution in [0, 0.1) is 16.0 Å². The van der Waals surface area contributed by atoms with E-state index in [-0.39, 0.29) is 28.9 Å². The summed E-state index contributed by atoms with van der Waals surface area (Å²) in [5.41, 5.74) is 2.33. The van der Waals surface area contributed by atoms with Gasteiger partial charge in [0, 0.05) is 12.6 Å². The van der Waals surface area contributed by atoms with Crippen LogP contribution in [-0.4, -0.2) is 28.3 Å². The number of hydrogen-bond donors (Lipinski definition) is 2. The molecule has 2 aliphatic rings. The zero-order valence-corrected chi connectivity index (χ0v) is 11.6. The predicted molar refractivity (Wildman–Crippen MR) is 77.7 cm³/mol. The van der Waals surface area contributed by atoms with Gasteiger partial charge >= 0.3 is 5.69 Å². The second-order valence-corrected chi connectivity index (χ2v) is 5.74. The lowest BCUT2D eigenvalue weighted by atomic mass is 10.1. The molecule has 0 atom stereocenters. The number of nitrogens with zero attached hydrogens (tertiary/aromatic N) is 2. The molecule has 2 fully saturated rings. The van der Waals surface area contributed by atoms with Gasteiger partial charge in [-0.1, -0.05) is 6.07 Å². The maximum Gasteiger partial charge on any atom is 0.306 e. The monoisotopic (exact) mass is 290 g/mol. The van der Waals surface area contributed by atoms with E-state index in [1.807, 2.05) is 0 Å². The molecular formula is C14H18N4O3. The van der Waals surface area contributed by atoms with Gasteiger partial charge in [0.1, 0.15) is 11.3 Å². The van der Waals surface area contributed by atoms with Crippen molar-refractivity contribution >= 4 is 17.3 Å². The zero-order valence-electron chi connectivity index (χ0n) is 11.6. The van der Waals surface area contributed by atoms with Gasteiger partial charge in [-0.2, -0.15) is 0 Å². The summed E-state index contributed by atoms with van der Waals surface area (Å²) >= 11 is 0. The number of carbonyl (C=O) groups is 1. The Kier molecular flexibility index (Phi) is 3.50. The van der Waals surface area contributed by atoms with E-state index in [4.69, 9.17) is 5.84 Å². The molecule has 7 nitrogen and oxygen atoms in total. The summed E-state index contributed by atoms with van der Waals surface area (Å²) in [5, 5.41) is 11.3. The van der Waals surface area contributed by atoms with Gasteiger partial charge in [-0.15, -0.1) is 0 Å². The third-order valence-electron chi connectivity index (χ3n) is 4.00. The molecule has 0 aromatic heterocycles. The molecule has 3 rings (SSSR count). The minimum Gasteiger partial charge on any atom is -0.335 e. The molecule has 0 spiro atoms. The smallest absolute Gasteiger partial charge is 0.306 e. The van der Waals surface area contributed by atoms with Crippen LogP contribution in [0.3, 0.4) is 0 Å². The Labute approximate surface area is 122 Å². The van der Waals surface area contributed by atoms with Gasteiger partial charge in [0.2, 0.25) is 0 Å². The Morgan fingerprint density at radius 2 is 2.10 bits per heavy atom. The number of nitrogen functional groups attached to an aromatic ring is 1. The molecule has 0 heterocycles. The van der Waals surface area contributed by atoms with Crippen LogP contribution in [0.5, 0.6) is 0 Å². The lowest BCUT2D eigenvalue weighted by Gasteiger charge is -2.22. The number of benzene rings is 1. The highest BCUT2D eigenvalue weighted by Gasteiger charge is 2.39. The van der Waals surface area contributed by atoms with Crippen LogP contribution in [0.4, 0.5) is 11.4 Å². The van der Waals surface area contributed by atoms with Gasteiger partial charge in [-0.05, 0) is 43.7 Å². The van der Waals surface area contributed by atoms with Crippen molar-refractivity contribution in [2.24, 2.45) is 11.8 Å². The van der Waals surface area contributed by atoms with E-state index in [0.29, 0.717) is 12.5 Å². The van der Waals surface area contributed by atoms with E-state index < -0.39 is 4.92 Å². The average Bonchev–Trinajstić information content (AvgIpc) is 3.36. The van der Waals surface area contributed by atoms with Gasteiger partial charge in [0.25, 0.3) is 5.91 Å². The van der Waals surface area contributed by atoms with Crippen molar-refractivity contribution in [2.75, 3.05) is 12.0 Å². The van der Waals surface area contributed by atoms with Gasteiger partial charge < -0.3 is 10.3 Å². The highest BCUT2D eigenvalue weighted by atomic mass is 16.6. The molecule has 1 amide bonds.